The molecule has 1 aliphatic carbocycles. The first-order chi connectivity index (χ1) is 9.29. The van der Waals surface area contributed by atoms with Crippen LogP contribution in [0.3, 0.4) is 0 Å². The fourth-order valence-corrected chi connectivity index (χ4v) is 3.00. The third kappa shape index (κ3) is 5.63. The monoisotopic (exact) mass is 286 g/mol. The minimum absolute atomic E-state index is 0.114. The molecule has 0 bridgehead atoms. The summed E-state index contributed by atoms with van der Waals surface area (Å²) in [7, 11) is 1.08. The number of epoxide rings is 1. The number of hydrogen-bond donors (Lipinski definition) is 0. The molecular formula is C14H26O4Si. The van der Waals surface area contributed by atoms with Gasteiger partial charge in [-0.25, -0.2) is 4.79 Å². The van der Waals surface area contributed by atoms with Crippen molar-refractivity contribution < 1.29 is 19.0 Å². The van der Waals surface area contributed by atoms with Gasteiger partial charge < -0.3 is 14.2 Å². The van der Waals surface area contributed by atoms with Gasteiger partial charge >= 0.3 is 5.97 Å². The van der Waals surface area contributed by atoms with Crippen LogP contribution >= 0.6 is 0 Å². The Balaban J connectivity index is 1.38. The molecular weight excluding hydrogens is 260 g/mol. The van der Waals surface area contributed by atoms with E-state index in [-0.39, 0.29) is 12.6 Å². The first-order valence-corrected chi connectivity index (χ1v) is 9.10. The fraction of sp³-hybridized carbons (Fsp3) is 0.929. The van der Waals surface area contributed by atoms with E-state index in [0.717, 1.165) is 28.6 Å². The van der Waals surface area contributed by atoms with Crippen LogP contribution in [0.15, 0.2) is 0 Å². The number of ether oxygens (including phenoxy) is 3. The third-order valence-corrected chi connectivity index (χ3v) is 4.36. The number of hydrogen-bond acceptors (Lipinski definition) is 4. The van der Waals surface area contributed by atoms with Crippen molar-refractivity contribution in [1.82, 2.24) is 0 Å². The van der Waals surface area contributed by atoms with Crippen LogP contribution < -0.4 is 0 Å². The maximum atomic E-state index is 11.2. The summed E-state index contributed by atoms with van der Waals surface area (Å²) in [5, 5.41) is 0. The predicted molar refractivity (Wildman–Crippen MR) is 76.4 cm³/mol. The van der Waals surface area contributed by atoms with Gasteiger partial charge in [-0.15, -0.1) is 0 Å². The molecule has 1 saturated heterocycles. The van der Waals surface area contributed by atoms with Crippen molar-refractivity contribution in [3.63, 3.8) is 0 Å². The van der Waals surface area contributed by atoms with Crippen LogP contribution in [0.1, 0.15) is 38.5 Å². The lowest BCUT2D eigenvalue weighted by molar-refractivity contribution is -0.148. The number of carbonyl (C=O) groups is 1. The number of rotatable bonds is 9. The summed E-state index contributed by atoms with van der Waals surface area (Å²) < 4.78 is 15.8. The molecule has 1 saturated carbocycles. The van der Waals surface area contributed by atoms with E-state index in [0.29, 0.717) is 25.4 Å². The zero-order valence-corrected chi connectivity index (χ0v) is 13.9. The highest BCUT2D eigenvalue weighted by Gasteiger charge is 2.43. The van der Waals surface area contributed by atoms with E-state index in [4.69, 9.17) is 14.2 Å². The molecule has 19 heavy (non-hydrogen) atoms. The zero-order chi connectivity index (χ0) is 13.5. The Morgan fingerprint density at radius 2 is 2.11 bits per heavy atom. The van der Waals surface area contributed by atoms with Gasteiger partial charge in [0.05, 0.1) is 18.8 Å². The Morgan fingerprint density at radius 3 is 2.89 bits per heavy atom. The van der Waals surface area contributed by atoms with Crippen molar-refractivity contribution in [2.24, 2.45) is 5.92 Å². The topological polar surface area (TPSA) is 48.1 Å². The SMILES string of the molecule is O=C(COCCCCC1CCC2OC2C1)OCC[SiH3]. The van der Waals surface area contributed by atoms with E-state index < -0.39 is 0 Å². The second kappa shape index (κ2) is 8.02. The summed E-state index contributed by atoms with van der Waals surface area (Å²) in [5.41, 5.74) is 0. The van der Waals surface area contributed by atoms with Gasteiger partial charge in [-0.05, 0) is 37.6 Å². The summed E-state index contributed by atoms with van der Waals surface area (Å²) in [4.78, 5) is 11.2. The summed E-state index contributed by atoms with van der Waals surface area (Å²) in [5.74, 6) is 0.627. The Labute approximate surface area is 118 Å². The molecule has 2 rings (SSSR count). The standard InChI is InChI=1S/C14H26O4Si/c15-14(17-7-8-19)10-16-6-2-1-3-11-4-5-12-13(9-11)18-12/h11-13H,1-10H2,19H3. The Bertz CT molecular complexity index is 285. The van der Waals surface area contributed by atoms with E-state index in [1.165, 1.54) is 32.1 Å². The van der Waals surface area contributed by atoms with E-state index in [1.54, 1.807) is 0 Å². The number of carbonyl (C=O) groups excluding carboxylic acids is 1. The van der Waals surface area contributed by atoms with Gasteiger partial charge in [0.2, 0.25) is 0 Å². The number of fused-ring (bicyclic) bond motifs is 1. The molecule has 0 aromatic heterocycles. The Morgan fingerprint density at radius 1 is 1.21 bits per heavy atom. The molecule has 0 amide bonds. The maximum Gasteiger partial charge on any atom is 0.332 e. The van der Waals surface area contributed by atoms with Gasteiger partial charge in [-0.2, -0.15) is 0 Å². The molecule has 0 aromatic carbocycles. The van der Waals surface area contributed by atoms with Gasteiger partial charge in [0.25, 0.3) is 0 Å². The Hall–Kier alpha value is -0.393. The Kier molecular flexibility index (Phi) is 6.33. The molecule has 4 nitrogen and oxygen atoms in total. The normalized spacial score (nSPS) is 28.9. The smallest absolute Gasteiger partial charge is 0.332 e. The van der Waals surface area contributed by atoms with Crippen molar-refractivity contribution in [3.05, 3.63) is 0 Å². The highest BCUT2D eigenvalue weighted by molar-refractivity contribution is 6.08. The van der Waals surface area contributed by atoms with Crippen molar-refractivity contribution in [1.29, 1.82) is 0 Å². The van der Waals surface area contributed by atoms with Crippen LogP contribution in [-0.4, -0.2) is 48.2 Å². The quantitative estimate of drug-likeness (QED) is 0.275. The summed E-state index contributed by atoms with van der Waals surface area (Å²) >= 11 is 0. The molecule has 3 atom stereocenters. The third-order valence-electron chi connectivity index (χ3n) is 3.95. The average Bonchev–Trinajstić information content (AvgIpc) is 3.18. The number of esters is 1. The van der Waals surface area contributed by atoms with Crippen molar-refractivity contribution >= 4 is 16.2 Å². The van der Waals surface area contributed by atoms with Crippen LogP contribution in [0, 0.1) is 5.92 Å². The molecule has 1 aliphatic heterocycles. The molecule has 1 heterocycles. The van der Waals surface area contributed by atoms with Crippen LogP contribution in [0.25, 0.3) is 0 Å². The number of unbranched alkanes of at least 4 members (excludes halogenated alkanes) is 1. The van der Waals surface area contributed by atoms with Crippen LogP contribution in [0.2, 0.25) is 6.04 Å². The van der Waals surface area contributed by atoms with E-state index in [2.05, 4.69) is 0 Å². The average molecular weight is 286 g/mol. The van der Waals surface area contributed by atoms with Gasteiger partial charge in [0.15, 0.2) is 0 Å². The van der Waals surface area contributed by atoms with Crippen molar-refractivity contribution in [2.75, 3.05) is 19.8 Å². The maximum absolute atomic E-state index is 11.2. The predicted octanol–water partition coefficient (Wildman–Crippen LogP) is 1.07. The van der Waals surface area contributed by atoms with Gasteiger partial charge in [-0.3, -0.25) is 0 Å². The second-order valence-corrected chi connectivity index (χ2v) is 6.66. The van der Waals surface area contributed by atoms with E-state index >= 15 is 0 Å². The van der Waals surface area contributed by atoms with E-state index in [1.807, 2.05) is 0 Å². The molecule has 0 aromatic rings. The minimum atomic E-state index is -0.222. The molecule has 3 unspecified atom stereocenters. The zero-order valence-electron chi connectivity index (χ0n) is 11.9. The molecule has 5 heteroatoms. The lowest BCUT2D eigenvalue weighted by Crippen LogP contribution is -2.15. The lowest BCUT2D eigenvalue weighted by atomic mass is 9.86. The van der Waals surface area contributed by atoms with Crippen LogP contribution in [0.4, 0.5) is 0 Å². The van der Waals surface area contributed by atoms with Gasteiger partial charge in [-0.1, -0.05) is 12.8 Å². The first kappa shape index (κ1) is 15.0. The first-order valence-electron chi connectivity index (χ1n) is 7.68. The minimum Gasteiger partial charge on any atom is -0.464 e. The van der Waals surface area contributed by atoms with Gasteiger partial charge in [0.1, 0.15) is 6.61 Å². The summed E-state index contributed by atoms with van der Waals surface area (Å²) in [6.45, 7) is 1.34. The van der Waals surface area contributed by atoms with Crippen LogP contribution in [-0.2, 0) is 19.0 Å². The molecule has 2 aliphatic rings. The highest BCUT2D eigenvalue weighted by Crippen LogP contribution is 2.40. The van der Waals surface area contributed by atoms with Crippen molar-refractivity contribution in [3.8, 4) is 0 Å². The second-order valence-electron chi connectivity index (χ2n) is 5.66. The summed E-state index contributed by atoms with van der Waals surface area (Å²) in [6.07, 6.45) is 8.56. The fourth-order valence-electron chi connectivity index (χ4n) is 2.80. The van der Waals surface area contributed by atoms with Crippen molar-refractivity contribution in [2.45, 2.75) is 56.8 Å². The molecule has 110 valence electrons. The molecule has 0 N–H and O–H groups in total. The highest BCUT2D eigenvalue weighted by atomic mass is 28.1. The van der Waals surface area contributed by atoms with E-state index in [9.17, 15) is 4.79 Å². The molecule has 0 spiro atoms. The van der Waals surface area contributed by atoms with Crippen LogP contribution in [0.5, 0.6) is 0 Å². The largest absolute Gasteiger partial charge is 0.464 e. The lowest BCUT2D eigenvalue weighted by Gasteiger charge is -2.18. The molecule has 2 fully saturated rings. The van der Waals surface area contributed by atoms with Gasteiger partial charge in [0, 0.05) is 16.8 Å². The molecule has 0 radical (unpaired) electrons. The summed E-state index contributed by atoms with van der Waals surface area (Å²) in [6, 6.07) is 0.999.